The number of halogens is 1. The van der Waals surface area contributed by atoms with Gasteiger partial charge in [-0.15, -0.1) is 0 Å². The molecule has 4 nitrogen and oxygen atoms in total. The quantitative estimate of drug-likeness (QED) is 0.791. The molecule has 0 aromatic heterocycles. The zero-order valence-electron chi connectivity index (χ0n) is 11.6. The molecule has 5 heteroatoms. The lowest BCUT2D eigenvalue weighted by Crippen LogP contribution is -2.25. The summed E-state index contributed by atoms with van der Waals surface area (Å²) in [4.78, 5) is 11.1. The normalized spacial score (nSPS) is 10.6. The van der Waals surface area contributed by atoms with E-state index < -0.39 is 0 Å². The lowest BCUT2D eigenvalue weighted by Gasteiger charge is -2.10. The zero-order valence-corrected chi connectivity index (χ0v) is 11.6. The van der Waals surface area contributed by atoms with Gasteiger partial charge in [-0.1, -0.05) is 13.8 Å². The minimum absolute atomic E-state index is 0.112. The Morgan fingerprint density at radius 1 is 1.37 bits per heavy atom. The number of benzene rings is 1. The van der Waals surface area contributed by atoms with E-state index in [1.165, 1.54) is 19.2 Å². The van der Waals surface area contributed by atoms with Crippen molar-refractivity contribution >= 4 is 5.91 Å². The summed E-state index contributed by atoms with van der Waals surface area (Å²) in [7, 11) is 1.53. The maximum Gasteiger partial charge on any atom is 0.257 e. The molecular weight excluding hydrogens is 247 g/mol. The van der Waals surface area contributed by atoms with Gasteiger partial charge in [-0.2, -0.15) is 0 Å². The molecule has 0 radical (unpaired) electrons. The average molecular weight is 268 g/mol. The Balaban J connectivity index is 2.58. The molecule has 0 aliphatic carbocycles. The van der Waals surface area contributed by atoms with E-state index in [-0.39, 0.29) is 18.3 Å². The Bertz CT molecular complexity index is 422. The molecule has 0 aliphatic rings. The summed E-state index contributed by atoms with van der Waals surface area (Å²) in [6.07, 6.45) is 0. The molecule has 0 saturated heterocycles. The topological polar surface area (TPSA) is 50.4 Å². The van der Waals surface area contributed by atoms with Crippen molar-refractivity contribution in [2.24, 2.45) is 5.92 Å². The van der Waals surface area contributed by atoms with Crippen molar-refractivity contribution in [1.82, 2.24) is 10.6 Å². The van der Waals surface area contributed by atoms with Crippen LogP contribution in [0.5, 0.6) is 5.75 Å². The maximum atomic E-state index is 13.4. The van der Waals surface area contributed by atoms with E-state index in [2.05, 4.69) is 24.5 Å². The smallest absolute Gasteiger partial charge is 0.257 e. The summed E-state index contributed by atoms with van der Waals surface area (Å²) in [6, 6.07) is 4.47. The van der Waals surface area contributed by atoms with E-state index in [1.807, 2.05) is 0 Å². The predicted octanol–water partition coefficient (Wildman–Crippen LogP) is 1.70. The van der Waals surface area contributed by atoms with Crippen molar-refractivity contribution in [2.45, 2.75) is 20.4 Å². The number of likely N-dealkylation sites (N-methyl/N-ethyl adjacent to an activating group) is 1. The van der Waals surface area contributed by atoms with Crippen molar-refractivity contribution in [1.29, 1.82) is 0 Å². The molecule has 1 aromatic rings. The highest BCUT2D eigenvalue weighted by molar-refractivity contribution is 5.77. The average Bonchev–Trinajstić information content (AvgIpc) is 2.35. The molecule has 0 atom stereocenters. The van der Waals surface area contributed by atoms with Crippen LogP contribution in [-0.4, -0.2) is 26.1 Å². The fourth-order valence-corrected chi connectivity index (χ4v) is 1.53. The van der Waals surface area contributed by atoms with Crippen molar-refractivity contribution in [3.05, 3.63) is 29.6 Å². The monoisotopic (exact) mass is 268 g/mol. The van der Waals surface area contributed by atoms with Gasteiger partial charge in [-0.25, -0.2) is 4.39 Å². The highest BCUT2D eigenvalue weighted by Gasteiger charge is 2.04. The van der Waals surface area contributed by atoms with Crippen LogP contribution < -0.4 is 15.4 Å². The Hall–Kier alpha value is -1.62. The van der Waals surface area contributed by atoms with Crippen LogP contribution in [-0.2, 0) is 11.3 Å². The van der Waals surface area contributed by atoms with Crippen LogP contribution in [0.2, 0.25) is 0 Å². The Morgan fingerprint density at radius 2 is 2.11 bits per heavy atom. The number of carbonyl (C=O) groups excluding carboxylic acids is 1. The minimum atomic E-state index is -0.365. The number of nitrogens with one attached hydrogen (secondary N) is 2. The first kappa shape index (κ1) is 15.4. The molecule has 0 fully saturated rings. The highest BCUT2D eigenvalue weighted by Crippen LogP contribution is 2.16. The van der Waals surface area contributed by atoms with Crippen molar-refractivity contribution < 1.29 is 13.9 Å². The third-order valence-corrected chi connectivity index (χ3v) is 2.46. The van der Waals surface area contributed by atoms with Gasteiger partial charge in [-0.3, -0.25) is 4.79 Å². The standard InChI is InChI=1S/C14H21FN2O2/c1-10(2)7-17-8-11-4-12(15)6-13(5-11)19-9-14(18)16-3/h4-6,10,17H,7-9H2,1-3H3,(H,16,18). The molecule has 1 aromatic carbocycles. The van der Waals surface area contributed by atoms with Crippen molar-refractivity contribution in [2.75, 3.05) is 20.2 Å². The Kier molecular flexibility index (Phi) is 6.29. The number of carbonyl (C=O) groups is 1. The van der Waals surface area contributed by atoms with Gasteiger partial charge in [0.05, 0.1) is 0 Å². The number of amides is 1. The lowest BCUT2D eigenvalue weighted by atomic mass is 10.2. The molecule has 0 spiro atoms. The first-order chi connectivity index (χ1) is 9.01. The summed E-state index contributed by atoms with van der Waals surface area (Å²) < 4.78 is 18.6. The van der Waals surface area contributed by atoms with Gasteiger partial charge in [-0.05, 0) is 30.2 Å². The SMILES string of the molecule is CNC(=O)COc1cc(F)cc(CNCC(C)C)c1. The van der Waals surface area contributed by atoms with Gasteiger partial charge in [0.1, 0.15) is 11.6 Å². The van der Waals surface area contributed by atoms with Crippen LogP contribution >= 0.6 is 0 Å². The van der Waals surface area contributed by atoms with E-state index in [4.69, 9.17) is 4.74 Å². The van der Waals surface area contributed by atoms with Gasteiger partial charge in [0.25, 0.3) is 5.91 Å². The van der Waals surface area contributed by atoms with E-state index in [1.54, 1.807) is 6.07 Å². The second-order valence-electron chi connectivity index (χ2n) is 4.78. The third kappa shape index (κ3) is 6.20. The first-order valence-corrected chi connectivity index (χ1v) is 6.35. The van der Waals surface area contributed by atoms with Gasteiger partial charge >= 0.3 is 0 Å². The lowest BCUT2D eigenvalue weighted by molar-refractivity contribution is -0.122. The van der Waals surface area contributed by atoms with E-state index in [9.17, 15) is 9.18 Å². The largest absolute Gasteiger partial charge is 0.484 e. The van der Waals surface area contributed by atoms with Crippen LogP contribution in [0.25, 0.3) is 0 Å². The van der Waals surface area contributed by atoms with Crippen molar-refractivity contribution in [3.8, 4) is 5.75 Å². The Morgan fingerprint density at radius 3 is 2.74 bits per heavy atom. The van der Waals surface area contributed by atoms with Crippen LogP contribution in [0.3, 0.4) is 0 Å². The fraction of sp³-hybridized carbons (Fsp3) is 0.500. The molecule has 19 heavy (non-hydrogen) atoms. The van der Waals surface area contributed by atoms with Gasteiger partial charge in [0, 0.05) is 19.7 Å². The molecule has 1 rings (SSSR count). The van der Waals surface area contributed by atoms with E-state index in [0.29, 0.717) is 18.2 Å². The van der Waals surface area contributed by atoms with E-state index >= 15 is 0 Å². The summed E-state index contributed by atoms with van der Waals surface area (Å²) in [5.74, 6) is 0.293. The maximum absolute atomic E-state index is 13.4. The van der Waals surface area contributed by atoms with Crippen LogP contribution in [0.4, 0.5) is 4.39 Å². The molecule has 2 N–H and O–H groups in total. The summed E-state index contributed by atoms with van der Waals surface area (Å²) >= 11 is 0. The van der Waals surface area contributed by atoms with Gasteiger partial charge < -0.3 is 15.4 Å². The Labute approximate surface area is 113 Å². The van der Waals surface area contributed by atoms with Crippen molar-refractivity contribution in [3.63, 3.8) is 0 Å². The van der Waals surface area contributed by atoms with E-state index in [0.717, 1.165) is 12.1 Å². The highest BCUT2D eigenvalue weighted by atomic mass is 19.1. The number of rotatable bonds is 7. The molecule has 106 valence electrons. The third-order valence-electron chi connectivity index (χ3n) is 2.46. The molecule has 0 aliphatic heterocycles. The molecular formula is C14H21FN2O2. The zero-order chi connectivity index (χ0) is 14.3. The molecule has 1 amide bonds. The minimum Gasteiger partial charge on any atom is -0.484 e. The number of hydrogen-bond donors (Lipinski definition) is 2. The predicted molar refractivity (Wildman–Crippen MR) is 72.5 cm³/mol. The number of ether oxygens (including phenoxy) is 1. The first-order valence-electron chi connectivity index (χ1n) is 6.35. The van der Waals surface area contributed by atoms with Crippen LogP contribution in [0, 0.1) is 11.7 Å². The molecule has 0 saturated carbocycles. The number of hydrogen-bond acceptors (Lipinski definition) is 3. The molecule has 0 unspecified atom stereocenters. The second kappa shape index (κ2) is 7.74. The summed E-state index contributed by atoms with van der Waals surface area (Å²) in [6.45, 7) is 5.54. The second-order valence-corrected chi connectivity index (χ2v) is 4.78. The molecule has 0 heterocycles. The van der Waals surface area contributed by atoms with Gasteiger partial charge in [0.2, 0.25) is 0 Å². The summed E-state index contributed by atoms with van der Waals surface area (Å²) in [5.41, 5.74) is 0.799. The molecule has 0 bridgehead atoms. The van der Waals surface area contributed by atoms with Crippen LogP contribution in [0.15, 0.2) is 18.2 Å². The summed E-state index contributed by atoms with van der Waals surface area (Å²) in [5, 5.41) is 5.67. The van der Waals surface area contributed by atoms with Crippen LogP contribution in [0.1, 0.15) is 19.4 Å². The van der Waals surface area contributed by atoms with Gasteiger partial charge in [0.15, 0.2) is 6.61 Å². The fourth-order valence-electron chi connectivity index (χ4n) is 1.53.